The van der Waals surface area contributed by atoms with Gasteiger partial charge in [-0.3, -0.25) is 4.99 Å². The second-order valence-electron chi connectivity index (χ2n) is 9.44. The molecule has 3 N–H and O–H groups in total. The van der Waals surface area contributed by atoms with Crippen LogP contribution in [0.25, 0.3) is 0 Å². The number of benzene rings is 1. The maximum absolute atomic E-state index is 5.93. The van der Waals surface area contributed by atoms with Crippen molar-refractivity contribution < 1.29 is 4.74 Å². The number of anilines is 1. The van der Waals surface area contributed by atoms with Crippen molar-refractivity contribution >= 4 is 11.6 Å². The Hall–Kier alpha value is -1.75. The molecule has 1 aliphatic heterocycles. The minimum atomic E-state index is -0.00145. The number of nitrogens with zero attached hydrogens (tertiary/aromatic N) is 2. The lowest BCUT2D eigenvalue weighted by atomic mass is 9.94. The minimum Gasteiger partial charge on any atom is -0.494 e. The van der Waals surface area contributed by atoms with Crippen LogP contribution < -0.4 is 15.8 Å². The first-order valence-corrected chi connectivity index (χ1v) is 11.4. The number of ether oxygens (including phenoxy) is 1. The van der Waals surface area contributed by atoms with Crippen molar-refractivity contribution in [3.63, 3.8) is 0 Å². The molecule has 2 rings (SSSR count). The van der Waals surface area contributed by atoms with E-state index in [1.165, 1.54) is 19.3 Å². The van der Waals surface area contributed by atoms with Gasteiger partial charge in [-0.1, -0.05) is 34.6 Å². The number of nitrogens with one attached hydrogen (secondary N) is 1. The van der Waals surface area contributed by atoms with Crippen LogP contribution >= 0.6 is 0 Å². The zero-order chi connectivity index (χ0) is 21.3. The molecule has 164 valence electrons. The molecule has 5 heteroatoms. The summed E-state index contributed by atoms with van der Waals surface area (Å²) in [4.78, 5) is 7.46. The number of aliphatic imine (C=N–C) groups is 1. The zero-order valence-electron chi connectivity index (χ0n) is 19.2. The van der Waals surface area contributed by atoms with Crippen LogP contribution in [0.3, 0.4) is 0 Å². The van der Waals surface area contributed by atoms with E-state index in [0.29, 0.717) is 18.5 Å². The van der Waals surface area contributed by atoms with Gasteiger partial charge in [0, 0.05) is 24.8 Å². The van der Waals surface area contributed by atoms with Crippen molar-refractivity contribution in [3.05, 3.63) is 24.3 Å². The summed E-state index contributed by atoms with van der Waals surface area (Å²) in [6, 6.07) is 8.79. The van der Waals surface area contributed by atoms with Gasteiger partial charge in [-0.05, 0) is 74.2 Å². The molecule has 5 nitrogen and oxygen atoms in total. The lowest BCUT2D eigenvalue weighted by Gasteiger charge is -2.38. The predicted molar refractivity (Wildman–Crippen MR) is 125 cm³/mol. The number of likely N-dealkylation sites (tertiary alicyclic amines) is 1. The quantitative estimate of drug-likeness (QED) is 0.444. The van der Waals surface area contributed by atoms with Gasteiger partial charge >= 0.3 is 0 Å². The Labute approximate surface area is 178 Å². The Balaban J connectivity index is 2.11. The summed E-state index contributed by atoms with van der Waals surface area (Å²) in [5.41, 5.74) is 6.98. The number of nitrogens with two attached hydrogens (primary N) is 1. The van der Waals surface area contributed by atoms with E-state index in [-0.39, 0.29) is 5.41 Å². The number of hydrogen-bond acceptors (Lipinski definition) is 3. The van der Waals surface area contributed by atoms with E-state index in [4.69, 9.17) is 15.5 Å². The third-order valence-corrected chi connectivity index (χ3v) is 5.65. The van der Waals surface area contributed by atoms with Crippen LogP contribution in [-0.2, 0) is 0 Å². The topological polar surface area (TPSA) is 62.9 Å². The molecular formula is C24H42N4O. The Kier molecular flexibility index (Phi) is 9.28. The van der Waals surface area contributed by atoms with E-state index in [1.54, 1.807) is 0 Å². The van der Waals surface area contributed by atoms with Crippen molar-refractivity contribution in [2.24, 2.45) is 22.1 Å². The van der Waals surface area contributed by atoms with Gasteiger partial charge in [0.25, 0.3) is 0 Å². The van der Waals surface area contributed by atoms with E-state index < -0.39 is 0 Å². The molecule has 1 unspecified atom stereocenters. The fourth-order valence-electron chi connectivity index (χ4n) is 3.44. The normalized spacial score (nSPS) is 18.2. The lowest BCUT2D eigenvalue weighted by molar-refractivity contribution is 0.233. The van der Waals surface area contributed by atoms with Crippen molar-refractivity contribution in [1.82, 2.24) is 4.90 Å². The maximum atomic E-state index is 5.93. The number of hydrogen-bond donors (Lipinski definition) is 2. The largest absolute Gasteiger partial charge is 0.494 e. The maximum Gasteiger partial charge on any atom is 0.198 e. The van der Waals surface area contributed by atoms with Crippen LogP contribution in [0, 0.1) is 11.3 Å². The molecule has 0 saturated carbocycles. The Morgan fingerprint density at radius 1 is 1.28 bits per heavy atom. The fraction of sp³-hybridized carbons (Fsp3) is 0.708. The lowest BCUT2D eigenvalue weighted by Crippen LogP contribution is -2.47. The summed E-state index contributed by atoms with van der Waals surface area (Å²) in [6.07, 6.45) is 5.98. The molecule has 0 radical (unpaired) electrons. The van der Waals surface area contributed by atoms with Gasteiger partial charge < -0.3 is 20.7 Å². The number of rotatable bonds is 9. The monoisotopic (exact) mass is 402 g/mol. The van der Waals surface area contributed by atoms with Gasteiger partial charge in [-0.15, -0.1) is 0 Å². The highest BCUT2D eigenvalue weighted by Crippen LogP contribution is 2.23. The van der Waals surface area contributed by atoms with E-state index in [2.05, 4.69) is 57.0 Å². The molecule has 0 amide bonds. The van der Waals surface area contributed by atoms with Gasteiger partial charge in [-0.2, -0.15) is 0 Å². The number of piperidine rings is 1. The third kappa shape index (κ3) is 7.88. The van der Waals surface area contributed by atoms with Crippen LogP contribution in [0.4, 0.5) is 5.69 Å². The average molecular weight is 403 g/mol. The summed E-state index contributed by atoms with van der Waals surface area (Å²) < 4.78 is 5.85. The van der Waals surface area contributed by atoms with Gasteiger partial charge in [-0.25, -0.2) is 0 Å². The summed E-state index contributed by atoms with van der Waals surface area (Å²) in [6.45, 7) is 14.2. The van der Waals surface area contributed by atoms with E-state index >= 15 is 0 Å². The summed E-state index contributed by atoms with van der Waals surface area (Å²) >= 11 is 0. The second-order valence-corrected chi connectivity index (χ2v) is 9.44. The van der Waals surface area contributed by atoms with Crippen molar-refractivity contribution in [3.8, 4) is 5.75 Å². The molecule has 0 aliphatic carbocycles. The highest BCUT2D eigenvalue weighted by atomic mass is 16.5. The fourth-order valence-corrected chi connectivity index (χ4v) is 3.44. The van der Waals surface area contributed by atoms with Crippen LogP contribution in [0.5, 0.6) is 5.75 Å². The predicted octanol–water partition coefficient (Wildman–Crippen LogP) is 5.13. The molecule has 1 aromatic rings. The summed E-state index contributed by atoms with van der Waals surface area (Å²) in [7, 11) is 0. The first-order valence-electron chi connectivity index (χ1n) is 11.4. The SMILES string of the molecule is CCC1CCCCN1C(=NCC(C)(C)CN)Nc1ccc(OCCC(C)C)cc1. The first kappa shape index (κ1) is 23.5. The van der Waals surface area contributed by atoms with Gasteiger partial charge in [0.2, 0.25) is 0 Å². The molecule has 1 fully saturated rings. The Morgan fingerprint density at radius 3 is 2.62 bits per heavy atom. The van der Waals surface area contributed by atoms with Crippen LogP contribution in [0.15, 0.2) is 29.3 Å². The molecule has 0 spiro atoms. The van der Waals surface area contributed by atoms with Crippen LogP contribution in [0.1, 0.15) is 66.7 Å². The van der Waals surface area contributed by atoms with Crippen molar-refractivity contribution in [2.45, 2.75) is 72.8 Å². The standard InChI is InChI=1S/C24H42N4O/c1-6-21-9-7-8-15-28(21)23(26-18-24(4,5)17-25)27-20-10-12-22(13-11-20)29-16-14-19(2)3/h10-13,19,21H,6-9,14-18,25H2,1-5H3,(H,26,27). The van der Waals surface area contributed by atoms with E-state index in [9.17, 15) is 0 Å². The van der Waals surface area contributed by atoms with Gasteiger partial charge in [0.1, 0.15) is 5.75 Å². The molecule has 1 saturated heterocycles. The van der Waals surface area contributed by atoms with E-state index in [1.807, 2.05) is 12.1 Å². The average Bonchev–Trinajstić information content (AvgIpc) is 2.72. The Bertz CT molecular complexity index is 624. The molecule has 0 bridgehead atoms. The second kappa shape index (κ2) is 11.4. The van der Waals surface area contributed by atoms with Crippen molar-refractivity contribution in [2.75, 3.05) is 31.6 Å². The molecule has 1 aromatic carbocycles. The highest BCUT2D eigenvalue weighted by molar-refractivity contribution is 5.94. The molecule has 1 atom stereocenters. The summed E-state index contributed by atoms with van der Waals surface area (Å²) in [5, 5.41) is 3.59. The third-order valence-electron chi connectivity index (χ3n) is 5.65. The van der Waals surface area contributed by atoms with Gasteiger partial charge in [0.05, 0.1) is 6.61 Å². The van der Waals surface area contributed by atoms with Crippen molar-refractivity contribution in [1.29, 1.82) is 0 Å². The summed E-state index contributed by atoms with van der Waals surface area (Å²) in [5.74, 6) is 2.55. The van der Waals surface area contributed by atoms with Crippen LogP contribution in [-0.4, -0.2) is 43.1 Å². The van der Waals surface area contributed by atoms with Gasteiger partial charge in [0.15, 0.2) is 5.96 Å². The first-order chi connectivity index (χ1) is 13.8. The molecular weight excluding hydrogens is 360 g/mol. The Morgan fingerprint density at radius 2 is 2.00 bits per heavy atom. The smallest absolute Gasteiger partial charge is 0.198 e. The molecule has 1 heterocycles. The minimum absolute atomic E-state index is 0.00145. The molecule has 1 aliphatic rings. The number of guanidine groups is 1. The highest BCUT2D eigenvalue weighted by Gasteiger charge is 2.25. The molecule has 29 heavy (non-hydrogen) atoms. The van der Waals surface area contributed by atoms with Crippen LogP contribution in [0.2, 0.25) is 0 Å². The van der Waals surface area contributed by atoms with E-state index in [0.717, 1.165) is 49.9 Å². The molecule has 0 aromatic heterocycles. The zero-order valence-corrected chi connectivity index (χ0v) is 19.2.